The van der Waals surface area contributed by atoms with Crippen molar-refractivity contribution in [2.75, 3.05) is 29.6 Å². The van der Waals surface area contributed by atoms with Crippen LogP contribution in [0.5, 0.6) is 0 Å². The molecule has 1 unspecified atom stereocenters. The number of anilines is 2. The Morgan fingerprint density at radius 1 is 1.60 bits per heavy atom. The van der Waals surface area contributed by atoms with Crippen LogP contribution in [0.4, 0.5) is 11.5 Å². The molecule has 0 amide bonds. The number of nitrogens with one attached hydrogen (secondary N) is 1. The molecule has 1 rings (SSSR count). The highest BCUT2D eigenvalue weighted by atomic mass is 32.2. The number of nitrogens with zero attached hydrogens (tertiary/aromatic N) is 1. The Kier molecular flexibility index (Phi) is 4.23. The van der Waals surface area contributed by atoms with Crippen molar-refractivity contribution in [2.45, 2.75) is 12.5 Å². The lowest BCUT2D eigenvalue weighted by molar-refractivity contribution is 0.0996. The van der Waals surface area contributed by atoms with Gasteiger partial charge in [0, 0.05) is 12.3 Å². The Labute approximate surface area is 94.3 Å². The van der Waals surface area contributed by atoms with Gasteiger partial charge in [0.1, 0.15) is 5.82 Å². The number of aromatic nitrogens is 1. The highest BCUT2D eigenvalue weighted by Crippen LogP contribution is 2.12. The molecule has 0 saturated heterocycles. The quantitative estimate of drug-likeness (QED) is 0.705. The zero-order valence-electron chi connectivity index (χ0n) is 9.03. The van der Waals surface area contributed by atoms with Gasteiger partial charge in [-0.2, -0.15) is 11.8 Å². The van der Waals surface area contributed by atoms with Gasteiger partial charge in [-0.15, -0.1) is 0 Å². The first-order valence-electron chi connectivity index (χ1n) is 4.70. The standard InChI is InChI=1S/C10H17N3OS/c1-10(14,7-15-2)6-13-9-4-3-8(11)5-12-9/h3-5,14H,6-7,11H2,1-2H3,(H,12,13). The van der Waals surface area contributed by atoms with E-state index in [2.05, 4.69) is 10.3 Å². The normalized spacial score (nSPS) is 14.6. The summed E-state index contributed by atoms with van der Waals surface area (Å²) in [5.41, 5.74) is 5.43. The lowest BCUT2D eigenvalue weighted by Crippen LogP contribution is -2.36. The van der Waals surface area contributed by atoms with Gasteiger partial charge in [-0.25, -0.2) is 4.98 Å². The predicted octanol–water partition coefficient (Wildman–Crippen LogP) is 1.19. The predicted molar refractivity (Wildman–Crippen MR) is 66.1 cm³/mol. The van der Waals surface area contributed by atoms with Crippen LogP contribution < -0.4 is 11.1 Å². The maximum atomic E-state index is 9.89. The van der Waals surface area contributed by atoms with Crippen LogP contribution in [-0.4, -0.2) is 34.2 Å². The molecule has 0 bridgehead atoms. The van der Waals surface area contributed by atoms with Gasteiger partial charge < -0.3 is 16.2 Å². The van der Waals surface area contributed by atoms with E-state index in [9.17, 15) is 5.11 Å². The van der Waals surface area contributed by atoms with Gasteiger partial charge in [0.05, 0.1) is 17.5 Å². The van der Waals surface area contributed by atoms with E-state index >= 15 is 0 Å². The molecule has 1 aromatic rings. The first-order valence-corrected chi connectivity index (χ1v) is 6.09. The van der Waals surface area contributed by atoms with Crippen LogP contribution in [0.1, 0.15) is 6.92 Å². The molecule has 0 aliphatic carbocycles. The maximum absolute atomic E-state index is 9.89. The molecule has 5 heteroatoms. The number of hydrogen-bond acceptors (Lipinski definition) is 5. The van der Waals surface area contributed by atoms with Gasteiger partial charge >= 0.3 is 0 Å². The van der Waals surface area contributed by atoms with E-state index in [1.165, 1.54) is 0 Å². The average Bonchev–Trinajstić information content (AvgIpc) is 2.17. The maximum Gasteiger partial charge on any atom is 0.126 e. The summed E-state index contributed by atoms with van der Waals surface area (Å²) in [4.78, 5) is 4.09. The smallest absolute Gasteiger partial charge is 0.126 e. The van der Waals surface area contributed by atoms with Gasteiger partial charge in [0.2, 0.25) is 0 Å². The van der Waals surface area contributed by atoms with E-state index < -0.39 is 5.60 Å². The fourth-order valence-corrected chi connectivity index (χ4v) is 1.88. The van der Waals surface area contributed by atoms with Crippen LogP contribution >= 0.6 is 11.8 Å². The van der Waals surface area contributed by atoms with Gasteiger partial charge in [0.15, 0.2) is 0 Å². The van der Waals surface area contributed by atoms with Crippen molar-refractivity contribution >= 4 is 23.3 Å². The lowest BCUT2D eigenvalue weighted by atomic mass is 10.1. The molecule has 0 aliphatic rings. The van der Waals surface area contributed by atoms with Crippen LogP contribution in [-0.2, 0) is 0 Å². The Morgan fingerprint density at radius 3 is 2.87 bits per heavy atom. The van der Waals surface area contributed by atoms with Crippen molar-refractivity contribution in [1.82, 2.24) is 4.98 Å². The molecule has 0 spiro atoms. The molecule has 0 radical (unpaired) electrons. The minimum Gasteiger partial charge on any atom is -0.397 e. The second kappa shape index (κ2) is 5.23. The van der Waals surface area contributed by atoms with Gasteiger partial charge in [-0.1, -0.05) is 0 Å². The number of nitrogens with two attached hydrogens (primary N) is 1. The van der Waals surface area contributed by atoms with Gasteiger partial charge in [-0.3, -0.25) is 0 Å². The van der Waals surface area contributed by atoms with Crippen molar-refractivity contribution < 1.29 is 5.11 Å². The van der Waals surface area contributed by atoms with E-state index in [0.29, 0.717) is 18.0 Å². The Bertz CT molecular complexity index is 300. The summed E-state index contributed by atoms with van der Waals surface area (Å²) in [6.07, 6.45) is 3.56. The molecular formula is C10H17N3OS. The molecule has 15 heavy (non-hydrogen) atoms. The molecule has 0 saturated carbocycles. The molecule has 0 fully saturated rings. The fraction of sp³-hybridized carbons (Fsp3) is 0.500. The number of rotatable bonds is 5. The third-order valence-corrected chi connectivity index (χ3v) is 2.80. The molecule has 0 aliphatic heterocycles. The molecular weight excluding hydrogens is 210 g/mol. The summed E-state index contributed by atoms with van der Waals surface area (Å²) in [5.74, 6) is 1.42. The molecule has 84 valence electrons. The minimum atomic E-state index is -0.720. The van der Waals surface area contributed by atoms with Gasteiger partial charge in [0.25, 0.3) is 0 Å². The van der Waals surface area contributed by atoms with Crippen LogP contribution in [0.15, 0.2) is 18.3 Å². The molecule has 1 heterocycles. The van der Waals surface area contributed by atoms with E-state index in [4.69, 9.17) is 5.73 Å². The average molecular weight is 227 g/mol. The summed E-state index contributed by atoms with van der Waals surface area (Å²) >= 11 is 1.62. The van der Waals surface area contributed by atoms with E-state index in [1.807, 2.05) is 6.26 Å². The molecule has 4 N–H and O–H groups in total. The monoisotopic (exact) mass is 227 g/mol. The molecule has 1 aromatic heterocycles. The topological polar surface area (TPSA) is 71.2 Å². The zero-order chi connectivity index (χ0) is 11.3. The highest BCUT2D eigenvalue weighted by Gasteiger charge is 2.18. The largest absolute Gasteiger partial charge is 0.397 e. The Hall–Kier alpha value is -0.940. The second-order valence-electron chi connectivity index (χ2n) is 3.76. The first-order chi connectivity index (χ1) is 7.03. The van der Waals surface area contributed by atoms with Crippen molar-refractivity contribution in [2.24, 2.45) is 0 Å². The Balaban J connectivity index is 2.46. The van der Waals surface area contributed by atoms with E-state index in [-0.39, 0.29) is 0 Å². The molecule has 0 aromatic carbocycles. The summed E-state index contributed by atoms with van der Waals surface area (Å²) in [6.45, 7) is 2.28. The number of aliphatic hydroxyl groups is 1. The summed E-state index contributed by atoms with van der Waals surface area (Å²) in [5, 5.41) is 13.0. The third-order valence-electron chi connectivity index (χ3n) is 1.89. The number of nitrogen functional groups attached to an aromatic ring is 1. The summed E-state index contributed by atoms with van der Waals surface area (Å²) < 4.78 is 0. The van der Waals surface area contributed by atoms with Crippen LogP contribution in [0.3, 0.4) is 0 Å². The number of pyridine rings is 1. The van der Waals surface area contributed by atoms with Gasteiger partial charge in [-0.05, 0) is 25.3 Å². The lowest BCUT2D eigenvalue weighted by Gasteiger charge is -2.22. The highest BCUT2D eigenvalue weighted by molar-refractivity contribution is 7.98. The van der Waals surface area contributed by atoms with Crippen LogP contribution in [0, 0.1) is 0 Å². The van der Waals surface area contributed by atoms with Crippen molar-refractivity contribution in [3.05, 3.63) is 18.3 Å². The third kappa shape index (κ3) is 4.40. The van der Waals surface area contributed by atoms with E-state index in [0.717, 1.165) is 5.82 Å². The second-order valence-corrected chi connectivity index (χ2v) is 4.63. The number of thioether (sulfide) groups is 1. The zero-order valence-corrected chi connectivity index (χ0v) is 9.84. The van der Waals surface area contributed by atoms with Crippen LogP contribution in [0.25, 0.3) is 0 Å². The van der Waals surface area contributed by atoms with Crippen molar-refractivity contribution in [1.29, 1.82) is 0 Å². The Morgan fingerprint density at radius 2 is 2.33 bits per heavy atom. The fourth-order valence-electron chi connectivity index (χ4n) is 1.15. The van der Waals surface area contributed by atoms with Crippen LogP contribution in [0.2, 0.25) is 0 Å². The number of hydrogen-bond donors (Lipinski definition) is 3. The SMILES string of the molecule is CSCC(C)(O)CNc1ccc(N)cn1. The minimum absolute atomic E-state index is 0.477. The molecule has 1 atom stereocenters. The van der Waals surface area contributed by atoms with Crippen molar-refractivity contribution in [3.8, 4) is 0 Å². The van der Waals surface area contributed by atoms with Crippen molar-refractivity contribution in [3.63, 3.8) is 0 Å². The molecule has 4 nitrogen and oxygen atoms in total. The van der Waals surface area contributed by atoms with E-state index in [1.54, 1.807) is 37.0 Å². The first kappa shape index (κ1) is 12.1. The summed E-state index contributed by atoms with van der Waals surface area (Å²) in [6, 6.07) is 3.57. The summed E-state index contributed by atoms with van der Waals surface area (Å²) in [7, 11) is 0.